The van der Waals surface area contributed by atoms with Crippen molar-refractivity contribution in [1.82, 2.24) is 5.32 Å². The molecular weight excluding hydrogens is 244 g/mol. The lowest BCUT2D eigenvalue weighted by molar-refractivity contribution is 0.229. The zero-order chi connectivity index (χ0) is 14.3. The van der Waals surface area contributed by atoms with Crippen molar-refractivity contribution in [3.63, 3.8) is 0 Å². The quantitative estimate of drug-likeness (QED) is 0.739. The van der Waals surface area contributed by atoms with E-state index in [0.29, 0.717) is 18.2 Å². The molecule has 1 rings (SSSR count). The van der Waals surface area contributed by atoms with Gasteiger partial charge in [0.25, 0.3) is 0 Å². The molecule has 106 valence electrons. The lowest BCUT2D eigenvalue weighted by atomic mass is 10.2. The van der Waals surface area contributed by atoms with E-state index in [4.69, 9.17) is 9.84 Å². The largest absolute Gasteiger partial charge is 0.493 e. The minimum absolute atomic E-state index is 0.0923. The van der Waals surface area contributed by atoms with Gasteiger partial charge >= 0.3 is 6.03 Å². The Morgan fingerprint density at radius 2 is 2.11 bits per heavy atom. The summed E-state index contributed by atoms with van der Waals surface area (Å²) in [4.78, 5) is 11.6. The number of aliphatic hydroxyl groups is 1. The molecular formula is C14H22N2O3. The van der Waals surface area contributed by atoms with Crippen LogP contribution in [0.15, 0.2) is 24.3 Å². The molecule has 0 radical (unpaired) electrons. The smallest absolute Gasteiger partial charge is 0.319 e. The zero-order valence-corrected chi connectivity index (χ0v) is 11.6. The summed E-state index contributed by atoms with van der Waals surface area (Å²) in [5, 5.41) is 14.2. The van der Waals surface area contributed by atoms with E-state index in [1.54, 1.807) is 19.1 Å². The van der Waals surface area contributed by atoms with Gasteiger partial charge in [0.15, 0.2) is 0 Å². The molecule has 3 N–H and O–H groups in total. The molecule has 1 atom stereocenters. The number of carbonyl (C=O) groups excluding carboxylic acids is 1. The van der Waals surface area contributed by atoms with Gasteiger partial charge in [-0.2, -0.15) is 0 Å². The van der Waals surface area contributed by atoms with Gasteiger partial charge in [0.1, 0.15) is 5.75 Å². The lowest BCUT2D eigenvalue weighted by Gasteiger charge is -2.13. The van der Waals surface area contributed by atoms with Crippen molar-refractivity contribution in [2.45, 2.75) is 26.8 Å². The number of nitrogens with one attached hydrogen (secondary N) is 2. The van der Waals surface area contributed by atoms with Gasteiger partial charge in [0.2, 0.25) is 0 Å². The second-order valence-electron chi connectivity index (χ2n) is 4.91. The molecule has 2 amide bonds. The molecule has 19 heavy (non-hydrogen) atoms. The Hall–Kier alpha value is -1.75. The summed E-state index contributed by atoms with van der Waals surface area (Å²) < 4.78 is 5.58. The number of amides is 2. The fourth-order valence-corrected chi connectivity index (χ4v) is 1.36. The summed E-state index contributed by atoms with van der Waals surface area (Å²) in [6.45, 7) is 6.42. The number of benzene rings is 1. The lowest BCUT2D eigenvalue weighted by Crippen LogP contribution is -2.38. The number of hydrogen-bond acceptors (Lipinski definition) is 3. The number of anilines is 1. The Kier molecular flexibility index (Phi) is 6.15. The van der Waals surface area contributed by atoms with Gasteiger partial charge in [-0.25, -0.2) is 4.79 Å². The summed E-state index contributed by atoms with van der Waals surface area (Å²) in [5.74, 6) is 1.17. The minimum atomic E-state index is -0.345. The molecule has 0 saturated heterocycles. The fourth-order valence-electron chi connectivity index (χ4n) is 1.36. The van der Waals surface area contributed by atoms with Crippen LogP contribution < -0.4 is 15.4 Å². The molecule has 0 saturated carbocycles. The molecule has 0 aromatic heterocycles. The SMILES string of the molecule is CC(C)COc1cccc(NC(=O)NC(C)CO)c1. The van der Waals surface area contributed by atoms with Crippen molar-refractivity contribution in [3.05, 3.63) is 24.3 Å². The van der Waals surface area contributed by atoms with E-state index in [2.05, 4.69) is 24.5 Å². The van der Waals surface area contributed by atoms with E-state index < -0.39 is 0 Å². The normalized spacial score (nSPS) is 12.1. The number of carbonyl (C=O) groups is 1. The molecule has 1 aromatic rings. The van der Waals surface area contributed by atoms with Gasteiger partial charge in [-0.05, 0) is 25.0 Å². The van der Waals surface area contributed by atoms with Crippen molar-refractivity contribution >= 4 is 11.7 Å². The number of urea groups is 1. The van der Waals surface area contributed by atoms with Crippen LogP contribution in [0.1, 0.15) is 20.8 Å². The predicted molar refractivity (Wildman–Crippen MR) is 75.5 cm³/mol. The highest BCUT2D eigenvalue weighted by Gasteiger charge is 2.06. The van der Waals surface area contributed by atoms with Crippen LogP contribution in [0.2, 0.25) is 0 Å². The molecule has 0 aliphatic heterocycles. The molecule has 0 heterocycles. The number of rotatable bonds is 6. The molecule has 1 unspecified atom stereocenters. The zero-order valence-electron chi connectivity index (χ0n) is 11.6. The average Bonchev–Trinajstić information content (AvgIpc) is 2.36. The third kappa shape index (κ3) is 6.10. The van der Waals surface area contributed by atoms with E-state index >= 15 is 0 Å². The second kappa shape index (κ2) is 7.63. The Balaban J connectivity index is 2.54. The van der Waals surface area contributed by atoms with Gasteiger partial charge in [-0.3, -0.25) is 0 Å². The first-order valence-electron chi connectivity index (χ1n) is 6.42. The Bertz CT molecular complexity index is 407. The van der Waals surface area contributed by atoms with E-state index in [1.807, 2.05) is 12.1 Å². The van der Waals surface area contributed by atoms with E-state index in [-0.39, 0.29) is 18.7 Å². The molecule has 5 nitrogen and oxygen atoms in total. The Morgan fingerprint density at radius 3 is 2.74 bits per heavy atom. The van der Waals surface area contributed by atoms with Crippen molar-refractivity contribution in [2.24, 2.45) is 5.92 Å². The van der Waals surface area contributed by atoms with Crippen LogP contribution in [0.5, 0.6) is 5.75 Å². The Morgan fingerprint density at radius 1 is 1.37 bits per heavy atom. The molecule has 0 bridgehead atoms. The number of ether oxygens (including phenoxy) is 1. The third-order valence-corrected chi connectivity index (χ3v) is 2.33. The summed E-state index contributed by atoms with van der Waals surface area (Å²) in [6.07, 6.45) is 0. The van der Waals surface area contributed by atoms with Crippen LogP contribution in [0.3, 0.4) is 0 Å². The van der Waals surface area contributed by atoms with Crippen molar-refractivity contribution in [1.29, 1.82) is 0 Å². The van der Waals surface area contributed by atoms with Gasteiger partial charge in [-0.15, -0.1) is 0 Å². The number of aliphatic hydroxyl groups excluding tert-OH is 1. The second-order valence-corrected chi connectivity index (χ2v) is 4.91. The van der Waals surface area contributed by atoms with E-state index in [0.717, 1.165) is 5.75 Å². The highest BCUT2D eigenvalue weighted by Crippen LogP contribution is 2.17. The molecule has 0 fully saturated rings. The van der Waals surface area contributed by atoms with Gasteiger partial charge in [0, 0.05) is 11.8 Å². The van der Waals surface area contributed by atoms with Crippen molar-refractivity contribution in [2.75, 3.05) is 18.5 Å². The molecule has 0 aliphatic carbocycles. The molecule has 0 aliphatic rings. The summed E-state index contributed by atoms with van der Waals surface area (Å²) in [6, 6.07) is 6.60. The average molecular weight is 266 g/mol. The third-order valence-electron chi connectivity index (χ3n) is 2.33. The first-order chi connectivity index (χ1) is 9.01. The fraction of sp³-hybridized carbons (Fsp3) is 0.500. The van der Waals surface area contributed by atoms with Gasteiger partial charge in [-0.1, -0.05) is 19.9 Å². The summed E-state index contributed by atoms with van der Waals surface area (Å²) in [5.41, 5.74) is 0.656. The highest BCUT2D eigenvalue weighted by molar-refractivity contribution is 5.89. The first-order valence-corrected chi connectivity index (χ1v) is 6.42. The van der Waals surface area contributed by atoms with Crippen molar-refractivity contribution in [3.8, 4) is 5.75 Å². The molecule has 5 heteroatoms. The van der Waals surface area contributed by atoms with Crippen LogP contribution >= 0.6 is 0 Å². The van der Waals surface area contributed by atoms with Gasteiger partial charge in [0.05, 0.1) is 19.3 Å². The molecule has 1 aromatic carbocycles. The molecule has 0 spiro atoms. The van der Waals surface area contributed by atoms with E-state index in [1.165, 1.54) is 0 Å². The number of hydrogen-bond donors (Lipinski definition) is 3. The van der Waals surface area contributed by atoms with Crippen LogP contribution in [-0.4, -0.2) is 30.4 Å². The van der Waals surface area contributed by atoms with Crippen LogP contribution in [-0.2, 0) is 0 Å². The maximum Gasteiger partial charge on any atom is 0.319 e. The Labute approximate surface area is 114 Å². The maximum absolute atomic E-state index is 11.6. The first kappa shape index (κ1) is 15.3. The van der Waals surface area contributed by atoms with Crippen LogP contribution in [0, 0.1) is 5.92 Å². The van der Waals surface area contributed by atoms with Gasteiger partial charge < -0.3 is 20.5 Å². The van der Waals surface area contributed by atoms with Crippen molar-refractivity contribution < 1.29 is 14.6 Å². The summed E-state index contributed by atoms with van der Waals surface area (Å²) >= 11 is 0. The topological polar surface area (TPSA) is 70.6 Å². The summed E-state index contributed by atoms with van der Waals surface area (Å²) in [7, 11) is 0. The van der Waals surface area contributed by atoms with E-state index in [9.17, 15) is 4.79 Å². The maximum atomic E-state index is 11.6. The highest BCUT2D eigenvalue weighted by atomic mass is 16.5. The standard InChI is InChI=1S/C14H22N2O3/c1-10(2)9-19-13-6-4-5-12(7-13)16-14(18)15-11(3)8-17/h4-7,10-11,17H,8-9H2,1-3H3,(H2,15,16,18). The minimum Gasteiger partial charge on any atom is -0.493 e. The van der Waals surface area contributed by atoms with Crippen LogP contribution in [0.25, 0.3) is 0 Å². The monoisotopic (exact) mass is 266 g/mol. The van der Waals surface area contributed by atoms with Crippen LogP contribution in [0.4, 0.5) is 10.5 Å². The predicted octanol–water partition coefficient (Wildman–Crippen LogP) is 2.22.